The van der Waals surface area contributed by atoms with E-state index < -0.39 is 0 Å². The van der Waals surface area contributed by atoms with Gasteiger partial charge in [0.15, 0.2) is 0 Å². The van der Waals surface area contributed by atoms with Crippen molar-refractivity contribution in [1.82, 2.24) is 0 Å². The number of halogens is 1. The van der Waals surface area contributed by atoms with Crippen LogP contribution in [0.3, 0.4) is 0 Å². The molecule has 78 valence electrons. The largest absolute Gasteiger partial charge is 0.192 e. The Bertz CT molecular complexity index is 546. The highest BCUT2D eigenvalue weighted by Gasteiger charge is 2.03. The smallest absolute Gasteiger partial charge is 0.100 e. The molecule has 0 radical (unpaired) electrons. The van der Waals surface area contributed by atoms with Gasteiger partial charge in [0.2, 0.25) is 0 Å². The second-order valence-corrected chi connectivity index (χ2v) is 4.72. The highest BCUT2D eigenvalue weighted by atomic mass is 35.5. The number of hydrogen-bond donors (Lipinski definition) is 0. The van der Waals surface area contributed by atoms with Crippen LogP contribution in [-0.2, 0) is 0 Å². The SMILES string of the molecule is N#Cc1ccccc1Sc1cccc(Cl)c1. The first-order valence-electron chi connectivity index (χ1n) is 4.72. The van der Waals surface area contributed by atoms with E-state index in [0.717, 1.165) is 9.79 Å². The summed E-state index contributed by atoms with van der Waals surface area (Å²) in [5, 5.41) is 9.67. The fourth-order valence-corrected chi connectivity index (χ4v) is 2.52. The van der Waals surface area contributed by atoms with Crippen molar-refractivity contribution in [2.45, 2.75) is 9.79 Å². The lowest BCUT2D eigenvalue weighted by atomic mass is 10.2. The van der Waals surface area contributed by atoms with Crippen molar-refractivity contribution in [3.8, 4) is 6.07 Å². The van der Waals surface area contributed by atoms with Crippen molar-refractivity contribution >= 4 is 23.4 Å². The molecule has 2 aromatic rings. The van der Waals surface area contributed by atoms with Crippen LogP contribution >= 0.6 is 23.4 Å². The van der Waals surface area contributed by atoms with Crippen LogP contribution in [0.4, 0.5) is 0 Å². The highest BCUT2D eigenvalue weighted by Crippen LogP contribution is 2.31. The van der Waals surface area contributed by atoms with Gasteiger partial charge in [-0.1, -0.05) is 41.6 Å². The third kappa shape index (κ3) is 2.57. The molecule has 0 saturated heterocycles. The number of rotatable bonds is 2. The normalized spacial score (nSPS) is 9.75. The first kappa shape index (κ1) is 11.1. The summed E-state index contributed by atoms with van der Waals surface area (Å²) in [6.07, 6.45) is 0. The molecule has 0 bridgehead atoms. The monoisotopic (exact) mass is 245 g/mol. The van der Waals surface area contributed by atoms with Crippen molar-refractivity contribution < 1.29 is 0 Å². The van der Waals surface area contributed by atoms with Gasteiger partial charge in [-0.05, 0) is 30.3 Å². The van der Waals surface area contributed by atoms with E-state index in [9.17, 15) is 0 Å². The molecule has 0 aliphatic rings. The topological polar surface area (TPSA) is 23.8 Å². The van der Waals surface area contributed by atoms with E-state index >= 15 is 0 Å². The van der Waals surface area contributed by atoms with Crippen LogP contribution in [-0.4, -0.2) is 0 Å². The summed E-state index contributed by atoms with van der Waals surface area (Å²) in [6, 6.07) is 17.3. The summed E-state index contributed by atoms with van der Waals surface area (Å²) in [5.74, 6) is 0. The lowest BCUT2D eigenvalue weighted by Crippen LogP contribution is -1.80. The predicted octanol–water partition coefficient (Wildman–Crippen LogP) is 4.36. The summed E-state index contributed by atoms with van der Waals surface area (Å²) >= 11 is 7.45. The molecule has 0 atom stereocenters. The van der Waals surface area contributed by atoms with Gasteiger partial charge in [0, 0.05) is 14.8 Å². The van der Waals surface area contributed by atoms with Crippen molar-refractivity contribution in [3.05, 3.63) is 59.1 Å². The van der Waals surface area contributed by atoms with Crippen LogP contribution in [0.15, 0.2) is 58.3 Å². The van der Waals surface area contributed by atoms with Crippen molar-refractivity contribution in [3.63, 3.8) is 0 Å². The van der Waals surface area contributed by atoms with Gasteiger partial charge in [-0.25, -0.2) is 0 Å². The Morgan fingerprint density at radius 3 is 2.62 bits per heavy atom. The molecule has 0 unspecified atom stereocenters. The fraction of sp³-hybridized carbons (Fsp3) is 0. The molecule has 0 fully saturated rings. The number of benzene rings is 2. The van der Waals surface area contributed by atoms with Gasteiger partial charge in [-0.3, -0.25) is 0 Å². The van der Waals surface area contributed by atoms with Gasteiger partial charge in [0.1, 0.15) is 6.07 Å². The molecule has 0 heterocycles. The predicted molar refractivity (Wildman–Crippen MR) is 66.7 cm³/mol. The molecule has 0 saturated carbocycles. The Morgan fingerprint density at radius 2 is 1.88 bits per heavy atom. The van der Waals surface area contributed by atoms with Crippen LogP contribution in [0, 0.1) is 11.3 Å². The molecule has 0 amide bonds. The van der Waals surface area contributed by atoms with E-state index in [0.29, 0.717) is 10.6 Å². The molecule has 0 aliphatic heterocycles. The average Bonchev–Trinajstić information content (AvgIpc) is 2.30. The maximum Gasteiger partial charge on any atom is 0.100 e. The summed E-state index contributed by atoms with van der Waals surface area (Å²) < 4.78 is 0. The van der Waals surface area contributed by atoms with Gasteiger partial charge in [-0.2, -0.15) is 5.26 Å². The van der Waals surface area contributed by atoms with Crippen molar-refractivity contribution in [1.29, 1.82) is 5.26 Å². The number of hydrogen-bond acceptors (Lipinski definition) is 2. The minimum atomic E-state index is 0.687. The van der Waals surface area contributed by atoms with Gasteiger partial charge < -0.3 is 0 Å². The van der Waals surface area contributed by atoms with Gasteiger partial charge in [0.25, 0.3) is 0 Å². The van der Waals surface area contributed by atoms with E-state index in [4.69, 9.17) is 16.9 Å². The molecular weight excluding hydrogens is 238 g/mol. The van der Waals surface area contributed by atoms with Crippen molar-refractivity contribution in [2.75, 3.05) is 0 Å². The molecule has 1 nitrogen and oxygen atoms in total. The Morgan fingerprint density at radius 1 is 1.06 bits per heavy atom. The molecule has 0 aliphatic carbocycles. The maximum atomic E-state index is 8.96. The van der Waals surface area contributed by atoms with Crippen LogP contribution in [0.5, 0.6) is 0 Å². The second kappa shape index (κ2) is 5.07. The summed E-state index contributed by atoms with van der Waals surface area (Å²) in [5.41, 5.74) is 0.687. The van der Waals surface area contributed by atoms with Crippen LogP contribution < -0.4 is 0 Å². The van der Waals surface area contributed by atoms with E-state index in [2.05, 4.69) is 6.07 Å². The molecule has 0 aromatic heterocycles. The van der Waals surface area contributed by atoms with Gasteiger partial charge in [-0.15, -0.1) is 0 Å². The summed E-state index contributed by atoms with van der Waals surface area (Å²) in [7, 11) is 0. The summed E-state index contributed by atoms with van der Waals surface area (Å²) in [6.45, 7) is 0. The molecule has 0 spiro atoms. The lowest BCUT2D eigenvalue weighted by molar-refractivity contribution is 1.35. The molecule has 2 aromatic carbocycles. The number of nitrogens with zero attached hydrogens (tertiary/aromatic N) is 1. The third-order valence-corrected chi connectivity index (χ3v) is 3.33. The molecule has 2 rings (SSSR count). The molecular formula is C13H8ClNS. The zero-order valence-corrected chi connectivity index (χ0v) is 9.92. The standard InChI is InChI=1S/C13H8ClNS/c14-11-5-3-6-12(8-11)16-13-7-2-1-4-10(13)9-15/h1-8H. The third-order valence-electron chi connectivity index (χ3n) is 2.03. The quantitative estimate of drug-likeness (QED) is 0.785. The molecule has 3 heteroatoms. The van der Waals surface area contributed by atoms with E-state index in [-0.39, 0.29) is 0 Å². The minimum Gasteiger partial charge on any atom is -0.192 e. The number of nitriles is 1. The first-order valence-corrected chi connectivity index (χ1v) is 5.91. The van der Waals surface area contributed by atoms with Gasteiger partial charge in [0.05, 0.1) is 5.56 Å². The molecule has 0 N–H and O–H groups in total. The van der Waals surface area contributed by atoms with Crippen LogP contribution in [0.2, 0.25) is 5.02 Å². The first-order chi connectivity index (χ1) is 7.79. The van der Waals surface area contributed by atoms with Gasteiger partial charge >= 0.3 is 0 Å². The Labute approximate surface area is 104 Å². The van der Waals surface area contributed by atoms with E-state index in [1.807, 2.05) is 48.5 Å². The zero-order chi connectivity index (χ0) is 11.4. The average molecular weight is 246 g/mol. The lowest BCUT2D eigenvalue weighted by Gasteiger charge is -2.03. The fourth-order valence-electron chi connectivity index (χ4n) is 1.31. The highest BCUT2D eigenvalue weighted by molar-refractivity contribution is 7.99. The van der Waals surface area contributed by atoms with E-state index in [1.54, 1.807) is 11.8 Å². The maximum absolute atomic E-state index is 8.96. The minimum absolute atomic E-state index is 0.687. The second-order valence-electron chi connectivity index (χ2n) is 3.17. The Kier molecular flexibility index (Phi) is 3.51. The molecule has 16 heavy (non-hydrogen) atoms. The van der Waals surface area contributed by atoms with Crippen LogP contribution in [0.25, 0.3) is 0 Å². The van der Waals surface area contributed by atoms with Crippen LogP contribution in [0.1, 0.15) is 5.56 Å². The van der Waals surface area contributed by atoms with E-state index in [1.165, 1.54) is 0 Å². The zero-order valence-electron chi connectivity index (χ0n) is 8.35. The Hall–Kier alpha value is -1.43. The Balaban J connectivity index is 2.31. The summed E-state index contributed by atoms with van der Waals surface area (Å²) in [4.78, 5) is 1.99. The van der Waals surface area contributed by atoms with Crippen molar-refractivity contribution in [2.24, 2.45) is 0 Å².